The molecule has 0 saturated carbocycles. The molecule has 2 unspecified atom stereocenters. The van der Waals surface area contributed by atoms with Crippen LogP contribution in [-0.2, 0) is 4.74 Å². The molecule has 1 aromatic rings. The molecule has 0 bridgehead atoms. The number of rotatable bonds is 1. The summed E-state index contributed by atoms with van der Waals surface area (Å²) in [4.78, 5) is 0. The first kappa shape index (κ1) is 12.5. The van der Waals surface area contributed by atoms with Crippen molar-refractivity contribution in [3.63, 3.8) is 0 Å². The van der Waals surface area contributed by atoms with E-state index in [1.54, 1.807) is 0 Å². The maximum absolute atomic E-state index is 5.75. The summed E-state index contributed by atoms with van der Waals surface area (Å²) >= 11 is 0. The zero-order valence-electron chi connectivity index (χ0n) is 9.19. The molecule has 84 valence electrons. The number of hydrogen-bond acceptors (Lipinski definition) is 2. The van der Waals surface area contributed by atoms with Crippen molar-refractivity contribution in [3.8, 4) is 0 Å². The normalized spacial score (nSPS) is 25.7. The first-order valence-corrected chi connectivity index (χ1v) is 5.18. The van der Waals surface area contributed by atoms with Crippen LogP contribution in [0.25, 0.3) is 0 Å². The highest BCUT2D eigenvalue weighted by molar-refractivity contribution is 5.85. The van der Waals surface area contributed by atoms with Gasteiger partial charge in [-0.25, -0.2) is 0 Å². The predicted octanol–water partition coefficient (Wildman–Crippen LogP) is 2.67. The van der Waals surface area contributed by atoms with Gasteiger partial charge in [0, 0.05) is 6.54 Å². The van der Waals surface area contributed by atoms with Gasteiger partial charge in [-0.15, -0.1) is 12.4 Å². The zero-order chi connectivity index (χ0) is 9.97. The van der Waals surface area contributed by atoms with Gasteiger partial charge in [-0.1, -0.05) is 31.2 Å². The Morgan fingerprint density at radius 2 is 2.07 bits per heavy atom. The average molecular weight is 228 g/mol. The van der Waals surface area contributed by atoms with Crippen molar-refractivity contribution < 1.29 is 4.74 Å². The molecule has 1 N–H and O–H groups in total. The highest BCUT2D eigenvalue weighted by atomic mass is 35.5. The second kappa shape index (κ2) is 5.50. The molecule has 0 radical (unpaired) electrons. The van der Waals surface area contributed by atoms with Crippen LogP contribution in [0.3, 0.4) is 0 Å². The van der Waals surface area contributed by atoms with Gasteiger partial charge in [0.2, 0.25) is 0 Å². The summed E-state index contributed by atoms with van der Waals surface area (Å²) < 4.78 is 5.75. The fraction of sp³-hybridized carbons (Fsp3) is 0.500. The van der Waals surface area contributed by atoms with Crippen LogP contribution in [0.1, 0.15) is 24.3 Å². The summed E-state index contributed by atoms with van der Waals surface area (Å²) in [7, 11) is 0. The summed E-state index contributed by atoms with van der Waals surface area (Å²) in [6, 6.07) is 8.37. The van der Waals surface area contributed by atoms with Gasteiger partial charge in [-0.3, -0.25) is 5.32 Å². The van der Waals surface area contributed by atoms with Crippen molar-refractivity contribution in [2.75, 3.05) is 13.2 Å². The standard InChI is InChI=1S/C12H17NO.ClH/c1-9-7-13-12(14-8-9)11-6-4-3-5-10(11)2;/h3-6,9,12-13H,7-8H2,1-2H3;1H. The molecule has 1 fully saturated rings. The summed E-state index contributed by atoms with van der Waals surface area (Å²) in [5.74, 6) is 0.621. The maximum Gasteiger partial charge on any atom is 0.134 e. The minimum atomic E-state index is 0. The first-order valence-electron chi connectivity index (χ1n) is 5.18. The lowest BCUT2D eigenvalue weighted by Gasteiger charge is -2.29. The van der Waals surface area contributed by atoms with Crippen LogP contribution in [0.5, 0.6) is 0 Å². The van der Waals surface area contributed by atoms with Crippen molar-refractivity contribution in [3.05, 3.63) is 35.4 Å². The highest BCUT2D eigenvalue weighted by Gasteiger charge is 2.20. The second-order valence-corrected chi connectivity index (χ2v) is 4.08. The molecule has 1 aromatic carbocycles. The van der Waals surface area contributed by atoms with E-state index in [-0.39, 0.29) is 18.6 Å². The second-order valence-electron chi connectivity index (χ2n) is 4.08. The number of benzene rings is 1. The van der Waals surface area contributed by atoms with Gasteiger partial charge < -0.3 is 4.74 Å². The van der Waals surface area contributed by atoms with Gasteiger partial charge >= 0.3 is 0 Å². The largest absolute Gasteiger partial charge is 0.359 e. The van der Waals surface area contributed by atoms with Gasteiger partial charge in [-0.2, -0.15) is 0 Å². The number of aryl methyl sites for hydroxylation is 1. The van der Waals surface area contributed by atoms with Crippen LogP contribution < -0.4 is 5.32 Å². The molecule has 15 heavy (non-hydrogen) atoms. The maximum atomic E-state index is 5.75. The van der Waals surface area contributed by atoms with E-state index in [0.29, 0.717) is 5.92 Å². The van der Waals surface area contributed by atoms with E-state index in [9.17, 15) is 0 Å². The fourth-order valence-electron chi connectivity index (χ4n) is 1.77. The molecule has 0 amide bonds. The molecular weight excluding hydrogens is 210 g/mol. The first-order chi connectivity index (χ1) is 6.77. The van der Waals surface area contributed by atoms with Crippen LogP contribution in [0, 0.1) is 12.8 Å². The van der Waals surface area contributed by atoms with Gasteiger partial charge in [0.15, 0.2) is 0 Å². The lowest BCUT2D eigenvalue weighted by atomic mass is 10.1. The molecule has 0 spiro atoms. The van der Waals surface area contributed by atoms with Crippen LogP contribution in [0.4, 0.5) is 0 Å². The molecule has 1 aliphatic heterocycles. The van der Waals surface area contributed by atoms with E-state index >= 15 is 0 Å². The molecule has 2 nitrogen and oxygen atoms in total. The molecule has 3 heteroatoms. The summed E-state index contributed by atoms with van der Waals surface area (Å²) in [5.41, 5.74) is 2.55. The molecular formula is C12H18ClNO. The van der Waals surface area contributed by atoms with Crippen molar-refractivity contribution in [1.82, 2.24) is 5.32 Å². The van der Waals surface area contributed by atoms with Gasteiger partial charge in [0.25, 0.3) is 0 Å². The Balaban J connectivity index is 0.00000112. The Morgan fingerprint density at radius 1 is 1.33 bits per heavy atom. The molecule has 1 aliphatic rings. The molecule has 0 aromatic heterocycles. The Labute approximate surface area is 97.4 Å². The smallest absolute Gasteiger partial charge is 0.134 e. The monoisotopic (exact) mass is 227 g/mol. The van der Waals surface area contributed by atoms with Gasteiger partial charge in [0.1, 0.15) is 6.23 Å². The van der Waals surface area contributed by atoms with E-state index in [2.05, 4.69) is 43.4 Å². The van der Waals surface area contributed by atoms with Crippen molar-refractivity contribution in [1.29, 1.82) is 0 Å². The topological polar surface area (TPSA) is 21.3 Å². The lowest BCUT2D eigenvalue weighted by molar-refractivity contribution is -0.0257. The molecule has 1 saturated heterocycles. The Morgan fingerprint density at radius 3 is 2.67 bits per heavy atom. The quantitative estimate of drug-likeness (QED) is 0.797. The average Bonchev–Trinajstić information content (AvgIpc) is 2.20. The summed E-state index contributed by atoms with van der Waals surface area (Å²) in [6.07, 6.45) is 0.0902. The molecule has 1 heterocycles. The zero-order valence-corrected chi connectivity index (χ0v) is 10.0. The third-order valence-corrected chi connectivity index (χ3v) is 2.67. The Bertz CT molecular complexity index is 308. The predicted molar refractivity (Wildman–Crippen MR) is 64.3 cm³/mol. The molecule has 2 rings (SSSR count). The van der Waals surface area contributed by atoms with Crippen molar-refractivity contribution in [2.45, 2.75) is 20.1 Å². The minimum absolute atomic E-state index is 0. The van der Waals surface area contributed by atoms with Crippen LogP contribution in [0.15, 0.2) is 24.3 Å². The Kier molecular flexibility index (Phi) is 4.58. The van der Waals surface area contributed by atoms with Crippen LogP contribution >= 0.6 is 12.4 Å². The highest BCUT2D eigenvalue weighted by Crippen LogP contribution is 2.22. The van der Waals surface area contributed by atoms with Crippen molar-refractivity contribution in [2.24, 2.45) is 5.92 Å². The number of hydrogen-bond donors (Lipinski definition) is 1. The van der Waals surface area contributed by atoms with Crippen LogP contribution in [0.2, 0.25) is 0 Å². The number of ether oxygens (including phenoxy) is 1. The fourth-order valence-corrected chi connectivity index (χ4v) is 1.77. The van der Waals surface area contributed by atoms with Crippen LogP contribution in [-0.4, -0.2) is 13.2 Å². The lowest BCUT2D eigenvalue weighted by Crippen LogP contribution is -2.36. The molecule has 0 aliphatic carbocycles. The van der Waals surface area contributed by atoms with E-state index < -0.39 is 0 Å². The third-order valence-electron chi connectivity index (χ3n) is 2.67. The van der Waals surface area contributed by atoms with E-state index in [4.69, 9.17) is 4.74 Å². The van der Waals surface area contributed by atoms with E-state index in [0.717, 1.165) is 13.2 Å². The molecule has 2 atom stereocenters. The minimum Gasteiger partial charge on any atom is -0.359 e. The SMILES string of the molecule is Cc1ccccc1C1NCC(C)CO1.Cl. The third kappa shape index (κ3) is 2.94. The van der Waals surface area contributed by atoms with E-state index in [1.807, 2.05) is 0 Å². The summed E-state index contributed by atoms with van der Waals surface area (Å²) in [6.45, 7) is 6.21. The number of halogens is 1. The van der Waals surface area contributed by atoms with Gasteiger partial charge in [0.05, 0.1) is 6.61 Å². The van der Waals surface area contributed by atoms with Crippen molar-refractivity contribution >= 4 is 12.4 Å². The Hall–Kier alpha value is -0.570. The van der Waals surface area contributed by atoms with Gasteiger partial charge in [-0.05, 0) is 24.0 Å². The van der Waals surface area contributed by atoms with E-state index in [1.165, 1.54) is 11.1 Å². The summed E-state index contributed by atoms with van der Waals surface area (Å²) in [5, 5.41) is 3.40. The number of nitrogens with one attached hydrogen (secondary N) is 1.